The zero-order chi connectivity index (χ0) is 23.1. The van der Waals surface area contributed by atoms with Crippen molar-refractivity contribution in [2.75, 3.05) is 18.5 Å². The van der Waals surface area contributed by atoms with Gasteiger partial charge in [0.05, 0.1) is 5.56 Å². The van der Waals surface area contributed by atoms with E-state index in [4.69, 9.17) is 0 Å². The summed E-state index contributed by atoms with van der Waals surface area (Å²) in [7, 11) is 1.62. The summed E-state index contributed by atoms with van der Waals surface area (Å²) in [5.74, 6) is -0.119. The maximum atomic E-state index is 12.9. The van der Waals surface area contributed by atoms with Gasteiger partial charge in [0.1, 0.15) is 6.04 Å². The second-order valence-corrected chi connectivity index (χ2v) is 7.75. The molecule has 0 radical (unpaired) electrons. The fraction of sp³-hybridized carbons (Fsp3) is 0.269. The minimum atomic E-state index is -4.34. The standard InChI is InChI=1S/C26H27F3N2O/c1-19-10-16-23(17-11-19)31(24(25(32)30-2)21-8-4-3-5-9-21)18-6-7-20-12-14-22(15-13-20)26(27,28)29/h3-5,8-17,24H,6-7,18H2,1-2H3,(H,30,32). The molecule has 1 amide bonds. The molecular weight excluding hydrogens is 413 g/mol. The summed E-state index contributed by atoms with van der Waals surface area (Å²) in [5.41, 5.74) is 3.10. The fourth-order valence-electron chi connectivity index (χ4n) is 3.70. The molecule has 3 aromatic rings. The lowest BCUT2D eigenvalue weighted by molar-refractivity contribution is -0.137. The Morgan fingerprint density at radius 3 is 2.12 bits per heavy atom. The summed E-state index contributed by atoms with van der Waals surface area (Å²) >= 11 is 0. The quantitative estimate of drug-likeness (QED) is 0.470. The molecule has 0 spiro atoms. The Bertz CT molecular complexity index is 1000. The van der Waals surface area contributed by atoms with E-state index in [0.29, 0.717) is 19.4 Å². The van der Waals surface area contributed by atoms with Crippen LogP contribution in [-0.4, -0.2) is 19.5 Å². The first-order valence-electron chi connectivity index (χ1n) is 10.6. The van der Waals surface area contributed by atoms with Gasteiger partial charge in [-0.25, -0.2) is 0 Å². The molecule has 3 rings (SSSR count). The largest absolute Gasteiger partial charge is 0.416 e. The third kappa shape index (κ3) is 5.90. The van der Waals surface area contributed by atoms with E-state index in [2.05, 4.69) is 10.2 Å². The lowest BCUT2D eigenvalue weighted by atomic mass is 10.0. The zero-order valence-corrected chi connectivity index (χ0v) is 18.2. The number of anilines is 1. The van der Waals surface area contributed by atoms with Crippen LogP contribution >= 0.6 is 0 Å². The number of aryl methyl sites for hydroxylation is 2. The van der Waals surface area contributed by atoms with Crippen LogP contribution in [0.1, 0.15) is 34.7 Å². The van der Waals surface area contributed by atoms with Crippen LogP contribution in [0, 0.1) is 6.92 Å². The Balaban J connectivity index is 1.83. The number of hydrogen-bond acceptors (Lipinski definition) is 2. The number of likely N-dealkylation sites (N-methyl/N-ethyl adjacent to an activating group) is 1. The molecule has 3 nitrogen and oxygen atoms in total. The van der Waals surface area contributed by atoms with Crippen molar-refractivity contribution < 1.29 is 18.0 Å². The average Bonchev–Trinajstić information content (AvgIpc) is 2.79. The average molecular weight is 441 g/mol. The first-order valence-corrected chi connectivity index (χ1v) is 10.6. The number of carbonyl (C=O) groups excluding carboxylic acids is 1. The molecule has 0 bridgehead atoms. The number of alkyl halides is 3. The van der Waals surface area contributed by atoms with Gasteiger partial charge in [0, 0.05) is 19.3 Å². The van der Waals surface area contributed by atoms with Crippen LogP contribution in [0.4, 0.5) is 18.9 Å². The van der Waals surface area contributed by atoms with Crippen molar-refractivity contribution in [3.8, 4) is 0 Å². The van der Waals surface area contributed by atoms with E-state index in [1.807, 2.05) is 61.5 Å². The highest BCUT2D eigenvalue weighted by Gasteiger charge is 2.30. The number of halogens is 3. The van der Waals surface area contributed by atoms with E-state index >= 15 is 0 Å². The van der Waals surface area contributed by atoms with Gasteiger partial charge >= 0.3 is 6.18 Å². The molecule has 0 aromatic heterocycles. The van der Waals surface area contributed by atoms with Gasteiger partial charge in [-0.15, -0.1) is 0 Å². The monoisotopic (exact) mass is 440 g/mol. The van der Waals surface area contributed by atoms with Gasteiger partial charge in [-0.1, -0.05) is 60.2 Å². The van der Waals surface area contributed by atoms with Crippen LogP contribution in [0.15, 0.2) is 78.9 Å². The molecule has 6 heteroatoms. The third-order valence-electron chi connectivity index (χ3n) is 5.43. The smallest absolute Gasteiger partial charge is 0.357 e. The number of nitrogens with one attached hydrogen (secondary N) is 1. The Morgan fingerprint density at radius 2 is 1.56 bits per heavy atom. The summed E-state index contributed by atoms with van der Waals surface area (Å²) < 4.78 is 38.4. The fourth-order valence-corrected chi connectivity index (χ4v) is 3.70. The number of rotatable bonds is 8. The highest BCUT2D eigenvalue weighted by atomic mass is 19.4. The van der Waals surface area contributed by atoms with Crippen molar-refractivity contribution in [3.63, 3.8) is 0 Å². The van der Waals surface area contributed by atoms with Gasteiger partial charge in [0.25, 0.3) is 0 Å². The molecule has 1 N–H and O–H groups in total. The van der Waals surface area contributed by atoms with Gasteiger partial charge < -0.3 is 10.2 Å². The lowest BCUT2D eigenvalue weighted by Crippen LogP contribution is -2.40. The summed E-state index contributed by atoms with van der Waals surface area (Å²) in [6, 6.07) is 22.3. The SMILES string of the molecule is CNC(=O)C(c1ccccc1)N(CCCc1ccc(C(F)(F)F)cc1)c1ccc(C)cc1. The summed E-state index contributed by atoms with van der Waals surface area (Å²) in [6.45, 7) is 2.57. The van der Waals surface area contributed by atoms with Gasteiger partial charge in [0.15, 0.2) is 0 Å². The highest BCUT2D eigenvalue weighted by Crippen LogP contribution is 2.30. The molecule has 1 atom stereocenters. The molecule has 0 aliphatic heterocycles. The third-order valence-corrected chi connectivity index (χ3v) is 5.43. The van der Waals surface area contributed by atoms with Crippen molar-refractivity contribution in [2.45, 2.75) is 32.0 Å². The van der Waals surface area contributed by atoms with E-state index in [-0.39, 0.29) is 5.91 Å². The highest BCUT2D eigenvalue weighted by molar-refractivity contribution is 5.86. The second-order valence-electron chi connectivity index (χ2n) is 7.75. The van der Waals surface area contributed by atoms with Crippen molar-refractivity contribution in [1.82, 2.24) is 5.32 Å². The molecule has 0 saturated heterocycles. The number of carbonyl (C=O) groups is 1. The number of hydrogen-bond donors (Lipinski definition) is 1. The summed E-state index contributed by atoms with van der Waals surface area (Å²) in [6.07, 6.45) is -3.05. The van der Waals surface area contributed by atoms with Crippen LogP contribution in [0.3, 0.4) is 0 Å². The van der Waals surface area contributed by atoms with E-state index < -0.39 is 17.8 Å². The number of nitrogens with zero attached hydrogens (tertiary/aromatic N) is 1. The molecule has 1 unspecified atom stereocenters. The van der Waals surface area contributed by atoms with Crippen molar-refractivity contribution >= 4 is 11.6 Å². The number of amides is 1. The summed E-state index contributed by atoms with van der Waals surface area (Å²) in [4.78, 5) is 15.0. The molecule has 0 fully saturated rings. The molecule has 0 aliphatic rings. The van der Waals surface area contributed by atoms with E-state index in [9.17, 15) is 18.0 Å². The Kier molecular flexibility index (Phi) is 7.57. The molecule has 0 heterocycles. The van der Waals surface area contributed by atoms with Gasteiger partial charge in [-0.2, -0.15) is 13.2 Å². The maximum Gasteiger partial charge on any atom is 0.416 e. The minimum absolute atomic E-state index is 0.119. The first kappa shape index (κ1) is 23.4. The van der Waals surface area contributed by atoms with E-state index in [1.54, 1.807) is 7.05 Å². The Morgan fingerprint density at radius 1 is 0.938 bits per heavy atom. The Labute approximate surface area is 186 Å². The lowest BCUT2D eigenvalue weighted by Gasteiger charge is -2.33. The number of benzene rings is 3. The molecule has 0 aliphatic carbocycles. The molecule has 32 heavy (non-hydrogen) atoms. The molecule has 168 valence electrons. The van der Waals surface area contributed by atoms with Crippen LogP contribution in [0.2, 0.25) is 0 Å². The minimum Gasteiger partial charge on any atom is -0.357 e. The van der Waals surface area contributed by atoms with Gasteiger partial charge in [-0.3, -0.25) is 4.79 Å². The predicted molar refractivity (Wildman–Crippen MR) is 122 cm³/mol. The topological polar surface area (TPSA) is 32.3 Å². The first-order chi connectivity index (χ1) is 15.3. The molecular formula is C26H27F3N2O. The molecule has 3 aromatic carbocycles. The predicted octanol–water partition coefficient (Wildman–Crippen LogP) is 5.94. The van der Waals surface area contributed by atoms with Crippen molar-refractivity contribution in [2.24, 2.45) is 0 Å². The molecule has 0 saturated carbocycles. The van der Waals surface area contributed by atoms with Crippen molar-refractivity contribution in [1.29, 1.82) is 0 Å². The van der Waals surface area contributed by atoms with Gasteiger partial charge in [-0.05, 0) is 55.2 Å². The van der Waals surface area contributed by atoms with E-state index in [0.717, 1.165) is 34.5 Å². The Hall–Kier alpha value is -3.28. The second kappa shape index (κ2) is 10.4. The van der Waals surface area contributed by atoms with Crippen molar-refractivity contribution in [3.05, 3.63) is 101 Å². The maximum absolute atomic E-state index is 12.9. The normalized spacial score (nSPS) is 12.3. The van der Waals surface area contributed by atoms with E-state index in [1.165, 1.54) is 12.1 Å². The van der Waals surface area contributed by atoms with Crippen LogP contribution in [0.25, 0.3) is 0 Å². The summed E-state index contributed by atoms with van der Waals surface area (Å²) in [5, 5.41) is 2.77. The zero-order valence-electron chi connectivity index (χ0n) is 18.2. The van der Waals surface area contributed by atoms with Crippen LogP contribution in [-0.2, 0) is 17.4 Å². The van der Waals surface area contributed by atoms with Crippen LogP contribution in [0.5, 0.6) is 0 Å². The van der Waals surface area contributed by atoms with Gasteiger partial charge in [0.2, 0.25) is 5.91 Å². The van der Waals surface area contributed by atoms with Crippen LogP contribution < -0.4 is 10.2 Å².